The maximum Gasteiger partial charge on any atom is 0.0992 e. The third-order valence-electron chi connectivity index (χ3n) is 4.10. The summed E-state index contributed by atoms with van der Waals surface area (Å²) >= 11 is 0. The Hall–Kier alpha value is -2.12. The number of hydrogen-bond donors (Lipinski definition) is 1. The fourth-order valence-corrected chi connectivity index (χ4v) is 3.11. The first-order chi connectivity index (χ1) is 10.3. The van der Waals surface area contributed by atoms with Crippen LogP contribution in [0.1, 0.15) is 49.0 Å². The monoisotopic (exact) mass is 280 g/mol. The standard InChI is InChI=1S/C17H20N4/c1-2-19-16-8-3-4-9-17-15(16)12-20-21(17)14-7-5-6-13(10-14)11-18/h5-7,10,12,16,19H,2-4,8-9H2,1H3. The van der Waals surface area contributed by atoms with Gasteiger partial charge in [0.25, 0.3) is 0 Å². The summed E-state index contributed by atoms with van der Waals surface area (Å²) in [6.07, 6.45) is 6.65. The molecule has 4 nitrogen and oxygen atoms in total. The summed E-state index contributed by atoms with van der Waals surface area (Å²) < 4.78 is 2.01. The Bertz CT molecular complexity index is 666. The number of benzene rings is 1. The summed E-state index contributed by atoms with van der Waals surface area (Å²) in [7, 11) is 0. The fourth-order valence-electron chi connectivity index (χ4n) is 3.11. The molecule has 0 fully saturated rings. The summed E-state index contributed by atoms with van der Waals surface area (Å²) in [5, 5.41) is 17.2. The summed E-state index contributed by atoms with van der Waals surface area (Å²) in [5.41, 5.74) is 4.26. The molecule has 0 saturated heterocycles. The van der Waals surface area contributed by atoms with Gasteiger partial charge in [-0.15, -0.1) is 0 Å². The minimum absolute atomic E-state index is 0.403. The van der Waals surface area contributed by atoms with E-state index in [1.54, 1.807) is 0 Å². The van der Waals surface area contributed by atoms with Gasteiger partial charge in [0.1, 0.15) is 0 Å². The molecule has 0 saturated carbocycles. The highest BCUT2D eigenvalue weighted by Crippen LogP contribution is 2.30. The largest absolute Gasteiger partial charge is 0.310 e. The van der Waals surface area contributed by atoms with Crippen LogP contribution in [-0.2, 0) is 6.42 Å². The van der Waals surface area contributed by atoms with Gasteiger partial charge in [-0.05, 0) is 44.0 Å². The smallest absolute Gasteiger partial charge is 0.0992 e. The molecule has 108 valence electrons. The average molecular weight is 280 g/mol. The maximum absolute atomic E-state index is 9.07. The van der Waals surface area contributed by atoms with Crippen molar-refractivity contribution >= 4 is 0 Å². The van der Waals surface area contributed by atoms with Crippen LogP contribution >= 0.6 is 0 Å². The number of rotatable bonds is 3. The number of hydrogen-bond acceptors (Lipinski definition) is 3. The second-order valence-electron chi connectivity index (χ2n) is 5.48. The van der Waals surface area contributed by atoms with Crippen molar-refractivity contribution in [3.63, 3.8) is 0 Å². The van der Waals surface area contributed by atoms with Crippen molar-refractivity contribution < 1.29 is 0 Å². The van der Waals surface area contributed by atoms with Crippen molar-refractivity contribution in [3.8, 4) is 11.8 Å². The highest BCUT2D eigenvalue weighted by Gasteiger charge is 2.22. The van der Waals surface area contributed by atoms with Gasteiger partial charge in [-0.3, -0.25) is 0 Å². The van der Waals surface area contributed by atoms with Crippen molar-refractivity contribution in [2.45, 2.75) is 38.6 Å². The highest BCUT2D eigenvalue weighted by atomic mass is 15.3. The second kappa shape index (κ2) is 6.11. The Kier molecular flexibility index (Phi) is 4.03. The van der Waals surface area contributed by atoms with Crippen LogP contribution in [0.25, 0.3) is 5.69 Å². The zero-order valence-electron chi connectivity index (χ0n) is 12.3. The van der Waals surface area contributed by atoms with E-state index in [0.717, 1.165) is 18.7 Å². The minimum atomic E-state index is 0.403. The average Bonchev–Trinajstić information content (AvgIpc) is 2.84. The lowest BCUT2D eigenvalue weighted by Gasteiger charge is -2.15. The van der Waals surface area contributed by atoms with Crippen molar-refractivity contribution in [2.24, 2.45) is 0 Å². The molecule has 0 spiro atoms. The predicted octanol–water partition coefficient (Wildman–Crippen LogP) is 3.12. The van der Waals surface area contributed by atoms with Crippen molar-refractivity contribution in [3.05, 3.63) is 47.3 Å². The van der Waals surface area contributed by atoms with E-state index in [4.69, 9.17) is 5.26 Å². The van der Waals surface area contributed by atoms with E-state index in [-0.39, 0.29) is 0 Å². The molecule has 0 bridgehead atoms. The molecule has 1 heterocycles. The third kappa shape index (κ3) is 2.70. The predicted molar refractivity (Wildman–Crippen MR) is 82.3 cm³/mol. The van der Waals surface area contributed by atoms with E-state index in [9.17, 15) is 0 Å². The molecule has 1 aromatic heterocycles. The third-order valence-corrected chi connectivity index (χ3v) is 4.10. The quantitative estimate of drug-likeness (QED) is 0.879. The lowest BCUT2D eigenvalue weighted by atomic mass is 10.1. The molecular formula is C17H20N4. The highest BCUT2D eigenvalue weighted by molar-refractivity contribution is 5.43. The molecular weight excluding hydrogens is 260 g/mol. The summed E-state index contributed by atoms with van der Waals surface area (Å²) in [6, 6.07) is 10.3. The molecule has 1 aliphatic rings. The van der Waals surface area contributed by atoms with Crippen LogP contribution in [0.3, 0.4) is 0 Å². The van der Waals surface area contributed by atoms with Gasteiger partial charge in [0.2, 0.25) is 0 Å². The van der Waals surface area contributed by atoms with Crippen molar-refractivity contribution in [1.29, 1.82) is 5.26 Å². The Balaban J connectivity index is 2.03. The van der Waals surface area contributed by atoms with Gasteiger partial charge >= 0.3 is 0 Å². The summed E-state index contributed by atoms with van der Waals surface area (Å²) in [4.78, 5) is 0. The number of nitriles is 1. The minimum Gasteiger partial charge on any atom is -0.310 e. The van der Waals surface area contributed by atoms with E-state index in [1.807, 2.05) is 35.1 Å². The van der Waals surface area contributed by atoms with E-state index in [0.29, 0.717) is 11.6 Å². The second-order valence-corrected chi connectivity index (χ2v) is 5.48. The first-order valence-electron chi connectivity index (χ1n) is 7.64. The maximum atomic E-state index is 9.07. The Labute approximate surface area is 125 Å². The van der Waals surface area contributed by atoms with E-state index < -0.39 is 0 Å². The van der Waals surface area contributed by atoms with Gasteiger partial charge in [-0.2, -0.15) is 10.4 Å². The van der Waals surface area contributed by atoms with Crippen molar-refractivity contribution in [2.75, 3.05) is 6.54 Å². The van der Waals surface area contributed by atoms with Crippen molar-refractivity contribution in [1.82, 2.24) is 15.1 Å². The van der Waals surface area contributed by atoms with Gasteiger partial charge in [0.05, 0.1) is 23.5 Å². The topological polar surface area (TPSA) is 53.6 Å². The molecule has 0 aliphatic heterocycles. The van der Waals surface area contributed by atoms with Gasteiger partial charge < -0.3 is 5.32 Å². The molecule has 1 aromatic carbocycles. The van der Waals surface area contributed by atoms with E-state index in [1.165, 1.54) is 30.5 Å². The van der Waals surface area contributed by atoms with Crippen LogP contribution in [0.4, 0.5) is 0 Å². The molecule has 0 radical (unpaired) electrons. The molecule has 4 heteroatoms. The number of nitrogens with zero attached hydrogens (tertiary/aromatic N) is 3. The summed E-state index contributed by atoms with van der Waals surface area (Å²) in [6.45, 7) is 3.12. The van der Waals surface area contributed by atoms with Gasteiger partial charge in [0, 0.05) is 17.3 Å². The molecule has 1 atom stereocenters. The molecule has 3 rings (SSSR count). The van der Waals surface area contributed by atoms with E-state index in [2.05, 4.69) is 23.4 Å². The zero-order valence-corrected chi connectivity index (χ0v) is 12.3. The zero-order chi connectivity index (χ0) is 14.7. The Morgan fingerprint density at radius 3 is 3.14 bits per heavy atom. The van der Waals surface area contributed by atoms with Crippen LogP contribution in [0.2, 0.25) is 0 Å². The molecule has 2 aromatic rings. The lowest BCUT2D eigenvalue weighted by molar-refractivity contribution is 0.503. The molecule has 0 amide bonds. The number of aromatic nitrogens is 2. The molecule has 1 N–H and O–H groups in total. The van der Waals surface area contributed by atoms with Crippen LogP contribution in [0.5, 0.6) is 0 Å². The molecule has 1 unspecified atom stereocenters. The first kappa shape index (κ1) is 13.8. The van der Waals surface area contributed by atoms with Gasteiger partial charge in [-0.25, -0.2) is 4.68 Å². The molecule has 21 heavy (non-hydrogen) atoms. The fraction of sp³-hybridized carbons (Fsp3) is 0.412. The number of nitrogens with one attached hydrogen (secondary N) is 1. The lowest BCUT2D eigenvalue weighted by Crippen LogP contribution is -2.20. The van der Waals surface area contributed by atoms with E-state index >= 15 is 0 Å². The SMILES string of the molecule is CCNC1CCCCc2c1cnn2-c1cccc(C#N)c1. The van der Waals surface area contributed by atoms with Gasteiger partial charge in [0.15, 0.2) is 0 Å². The normalized spacial score (nSPS) is 17.8. The summed E-state index contributed by atoms with van der Waals surface area (Å²) in [5.74, 6) is 0. The van der Waals surface area contributed by atoms with Crippen LogP contribution in [0.15, 0.2) is 30.5 Å². The van der Waals surface area contributed by atoms with Crippen LogP contribution in [-0.4, -0.2) is 16.3 Å². The molecule has 1 aliphatic carbocycles. The Morgan fingerprint density at radius 1 is 1.43 bits per heavy atom. The first-order valence-corrected chi connectivity index (χ1v) is 7.64. The van der Waals surface area contributed by atoms with Crippen LogP contribution < -0.4 is 5.32 Å². The Morgan fingerprint density at radius 2 is 2.33 bits per heavy atom. The van der Waals surface area contributed by atoms with Crippen LogP contribution in [0, 0.1) is 11.3 Å². The van der Waals surface area contributed by atoms with Gasteiger partial charge in [-0.1, -0.05) is 19.4 Å². The number of fused-ring (bicyclic) bond motifs is 1.